The minimum absolute atomic E-state index is 0.0205. The Bertz CT molecular complexity index is 1190. The highest BCUT2D eigenvalue weighted by atomic mass is 28.3. The Morgan fingerprint density at radius 1 is 0.789 bits per heavy atom. The third-order valence-electron chi connectivity index (χ3n) is 5.38. The van der Waals surface area contributed by atoms with Crippen molar-refractivity contribution in [2.45, 2.75) is 65.7 Å². The zero-order valence-electron chi connectivity index (χ0n) is 24.0. The number of hydrogen-bond acceptors (Lipinski definition) is 5. The molecule has 0 unspecified atom stereocenters. The van der Waals surface area contributed by atoms with Crippen molar-refractivity contribution in [2.24, 2.45) is 0 Å². The van der Waals surface area contributed by atoms with Crippen LogP contribution in [0.2, 0.25) is 39.3 Å². The van der Waals surface area contributed by atoms with E-state index in [1.165, 1.54) is 0 Å². The summed E-state index contributed by atoms with van der Waals surface area (Å²) < 4.78 is 4.99. The second kappa shape index (κ2) is 14.9. The molecule has 1 N–H and O–H groups in total. The second-order valence-corrected chi connectivity index (χ2v) is 21.0. The van der Waals surface area contributed by atoms with Gasteiger partial charge < -0.3 is 10.1 Å². The van der Waals surface area contributed by atoms with E-state index < -0.39 is 28.1 Å². The molecule has 0 saturated heterocycles. The van der Waals surface area contributed by atoms with Crippen LogP contribution in [0.4, 0.5) is 0 Å². The summed E-state index contributed by atoms with van der Waals surface area (Å²) >= 11 is 0. The number of rotatable bonds is 10. The number of carbonyl (C=O) groups is 2. The van der Waals surface area contributed by atoms with E-state index in [1.807, 2.05) is 36.4 Å². The van der Waals surface area contributed by atoms with E-state index in [0.29, 0.717) is 13.1 Å². The van der Waals surface area contributed by atoms with Gasteiger partial charge in [-0.15, -0.1) is 11.1 Å². The van der Waals surface area contributed by atoms with Crippen LogP contribution < -0.4 is 5.32 Å². The summed E-state index contributed by atoms with van der Waals surface area (Å²) in [4.78, 5) is 26.5. The summed E-state index contributed by atoms with van der Waals surface area (Å²) in [6.45, 7) is 17.9. The van der Waals surface area contributed by atoms with E-state index in [-0.39, 0.29) is 13.0 Å². The van der Waals surface area contributed by atoms with Crippen molar-refractivity contribution in [3.8, 4) is 22.9 Å². The van der Waals surface area contributed by atoms with Gasteiger partial charge in [-0.3, -0.25) is 14.5 Å². The summed E-state index contributed by atoms with van der Waals surface area (Å²) in [5.74, 6) is 5.43. The lowest BCUT2D eigenvalue weighted by Crippen LogP contribution is -2.29. The first-order chi connectivity index (χ1) is 17.8. The first kappa shape index (κ1) is 31.3. The summed E-state index contributed by atoms with van der Waals surface area (Å²) in [5, 5.41) is 3.04. The quantitative estimate of drug-likeness (QED) is 0.192. The van der Waals surface area contributed by atoms with Crippen LogP contribution >= 0.6 is 0 Å². The van der Waals surface area contributed by atoms with Gasteiger partial charge in [-0.2, -0.15) is 0 Å². The highest BCUT2D eigenvalue weighted by Gasteiger charge is 2.13. The zero-order chi connectivity index (χ0) is 28.2. The fraction of sp³-hybridized carbons (Fsp3) is 0.419. The van der Waals surface area contributed by atoms with E-state index in [0.717, 1.165) is 35.3 Å². The van der Waals surface area contributed by atoms with Crippen LogP contribution in [0.25, 0.3) is 0 Å². The van der Waals surface area contributed by atoms with Gasteiger partial charge in [0.2, 0.25) is 0 Å². The fourth-order valence-corrected chi connectivity index (χ4v) is 4.34. The number of hydrogen-bond donors (Lipinski definition) is 1. The molecule has 2 rings (SSSR count). The van der Waals surface area contributed by atoms with E-state index in [1.54, 1.807) is 0 Å². The Labute approximate surface area is 231 Å². The molecule has 0 aliphatic carbocycles. The second-order valence-electron chi connectivity index (χ2n) is 11.5. The van der Waals surface area contributed by atoms with Crippen LogP contribution in [0.1, 0.15) is 35.6 Å². The van der Waals surface area contributed by atoms with E-state index in [9.17, 15) is 9.59 Å². The molecule has 5 nitrogen and oxygen atoms in total. The highest BCUT2D eigenvalue weighted by Crippen LogP contribution is 2.09. The van der Waals surface area contributed by atoms with Crippen molar-refractivity contribution >= 4 is 28.1 Å². The maximum atomic E-state index is 12.2. The predicted octanol–water partition coefficient (Wildman–Crippen LogP) is 5.22. The third-order valence-corrected chi connectivity index (χ3v) is 7.13. The van der Waals surface area contributed by atoms with Gasteiger partial charge in [-0.1, -0.05) is 82.3 Å². The molecule has 0 radical (unpaired) electrons. The van der Waals surface area contributed by atoms with Crippen molar-refractivity contribution in [2.75, 3.05) is 19.6 Å². The highest BCUT2D eigenvalue weighted by molar-refractivity contribution is 6.84. The lowest BCUT2D eigenvalue weighted by atomic mass is 10.1. The Morgan fingerprint density at radius 2 is 1.29 bits per heavy atom. The maximum Gasteiger partial charge on any atom is 0.327 e. The monoisotopic (exact) mass is 546 g/mol. The van der Waals surface area contributed by atoms with Crippen LogP contribution in [0.15, 0.2) is 48.5 Å². The average Bonchev–Trinajstić information content (AvgIpc) is 2.84. The lowest BCUT2D eigenvalue weighted by Gasteiger charge is -2.20. The number of benzene rings is 2. The van der Waals surface area contributed by atoms with Crippen LogP contribution in [0, 0.1) is 22.9 Å². The normalized spacial score (nSPS) is 11.3. The molecule has 2 aromatic rings. The molecule has 0 aliphatic heterocycles. The summed E-state index contributed by atoms with van der Waals surface area (Å²) in [6.07, 6.45) is 0.166. The van der Waals surface area contributed by atoms with Gasteiger partial charge in [-0.05, 0) is 41.9 Å². The number of esters is 2. The molecule has 0 spiro atoms. The molecule has 0 heterocycles. The lowest BCUT2D eigenvalue weighted by molar-refractivity contribution is -0.159. The van der Waals surface area contributed by atoms with Crippen molar-refractivity contribution < 1.29 is 14.3 Å². The van der Waals surface area contributed by atoms with Crippen molar-refractivity contribution in [1.29, 1.82) is 0 Å². The average molecular weight is 547 g/mol. The summed E-state index contributed by atoms with van der Waals surface area (Å²) in [6, 6.07) is 16.2. The Hall–Kier alpha value is -2.95. The molecule has 0 fully saturated rings. The van der Waals surface area contributed by atoms with Crippen LogP contribution in [-0.2, 0) is 27.4 Å². The van der Waals surface area contributed by atoms with Gasteiger partial charge in [0.05, 0.1) is 13.0 Å². The predicted molar refractivity (Wildman–Crippen MR) is 162 cm³/mol. The number of nitrogens with one attached hydrogen (secondary N) is 1. The zero-order valence-corrected chi connectivity index (χ0v) is 26.0. The van der Waals surface area contributed by atoms with Crippen LogP contribution in [0.5, 0.6) is 0 Å². The van der Waals surface area contributed by atoms with Crippen molar-refractivity contribution in [1.82, 2.24) is 10.2 Å². The Kier molecular flexibility index (Phi) is 12.2. The SMILES string of the molecule is CCN(CCC(=O)OC(=O)CNCc1ccc(C#C[Si](C)(C)C)cc1)Cc1ccc(C#C[Si](C)(C)C)cc1. The van der Waals surface area contributed by atoms with Gasteiger partial charge in [-0.25, -0.2) is 0 Å². The van der Waals surface area contributed by atoms with Gasteiger partial charge in [0, 0.05) is 30.8 Å². The topological polar surface area (TPSA) is 58.6 Å². The molecule has 38 heavy (non-hydrogen) atoms. The minimum atomic E-state index is -1.40. The Morgan fingerprint density at radius 3 is 1.76 bits per heavy atom. The summed E-state index contributed by atoms with van der Waals surface area (Å²) in [5.41, 5.74) is 11.0. The van der Waals surface area contributed by atoms with E-state index in [2.05, 4.69) is 91.5 Å². The molecule has 2 aromatic carbocycles. The number of ether oxygens (including phenoxy) is 1. The summed E-state index contributed by atoms with van der Waals surface area (Å²) in [7, 11) is -2.80. The molecule has 0 atom stereocenters. The maximum absolute atomic E-state index is 12.2. The standard InChI is InChI=1S/C31H42N2O3Si2/c1-8-33(25-29-15-11-27(12-16-29)19-22-38(5,6)7)20-17-30(34)36-31(35)24-32-23-28-13-9-26(10-14-28)18-21-37(2,3)4/h9-16,32H,8,17,20,23-25H2,1-7H3. The van der Waals surface area contributed by atoms with E-state index >= 15 is 0 Å². The first-order valence-corrected chi connectivity index (χ1v) is 20.2. The van der Waals surface area contributed by atoms with Gasteiger partial charge >= 0.3 is 11.9 Å². The molecular formula is C31H42N2O3Si2. The van der Waals surface area contributed by atoms with Gasteiger partial charge in [0.1, 0.15) is 16.1 Å². The van der Waals surface area contributed by atoms with E-state index in [4.69, 9.17) is 4.74 Å². The fourth-order valence-electron chi connectivity index (χ4n) is 3.30. The smallest absolute Gasteiger partial charge is 0.327 e. The number of nitrogens with zero attached hydrogens (tertiary/aromatic N) is 1. The van der Waals surface area contributed by atoms with Crippen molar-refractivity contribution in [3.05, 3.63) is 70.8 Å². The number of carbonyl (C=O) groups excluding carboxylic acids is 2. The third kappa shape index (κ3) is 13.6. The molecule has 0 saturated carbocycles. The first-order valence-electron chi connectivity index (χ1n) is 13.2. The molecule has 0 bridgehead atoms. The van der Waals surface area contributed by atoms with Crippen LogP contribution in [-0.4, -0.2) is 52.6 Å². The van der Waals surface area contributed by atoms with Gasteiger partial charge in [0.25, 0.3) is 0 Å². The van der Waals surface area contributed by atoms with Crippen molar-refractivity contribution in [3.63, 3.8) is 0 Å². The molecule has 0 aromatic heterocycles. The Balaban J connectivity index is 1.71. The molecule has 7 heteroatoms. The van der Waals surface area contributed by atoms with Gasteiger partial charge in [0.15, 0.2) is 0 Å². The molecule has 0 aliphatic rings. The molecule has 202 valence electrons. The molecular weight excluding hydrogens is 505 g/mol. The van der Waals surface area contributed by atoms with Crippen LogP contribution in [0.3, 0.4) is 0 Å². The molecule has 0 amide bonds. The minimum Gasteiger partial charge on any atom is -0.392 e. The largest absolute Gasteiger partial charge is 0.392 e.